The summed E-state index contributed by atoms with van der Waals surface area (Å²) in [4.78, 5) is 0. The predicted molar refractivity (Wildman–Crippen MR) is 97.1 cm³/mol. The average Bonchev–Trinajstić information content (AvgIpc) is 3.17. The number of hydrogen-bond donors (Lipinski definition) is 0. The third-order valence-electron chi connectivity index (χ3n) is 5.19. The largest absolute Gasteiger partial charge is 0.411 e. The number of rotatable bonds is 7. The summed E-state index contributed by atoms with van der Waals surface area (Å²) in [5.74, 6) is 0. The number of ether oxygens (including phenoxy) is 2. The molecule has 0 spiro atoms. The maximum absolute atomic E-state index is 6.55. The summed E-state index contributed by atoms with van der Waals surface area (Å²) < 4.78 is 18.5. The SMILES string of the molecule is C[C@H](O[Si](C)(C)C(C)(C)C)[C@H](OCc1ccccc1)[C@@]1(C)CO1. The molecule has 4 heteroatoms. The first-order valence-electron chi connectivity index (χ1n) is 8.52. The Morgan fingerprint density at radius 2 is 1.78 bits per heavy atom. The molecule has 1 aromatic rings. The fraction of sp³-hybridized carbons (Fsp3) is 0.684. The molecule has 1 aliphatic heterocycles. The topological polar surface area (TPSA) is 31.0 Å². The molecular formula is C19H32O3Si. The third-order valence-corrected chi connectivity index (χ3v) is 9.76. The molecule has 0 aliphatic carbocycles. The molecule has 1 saturated heterocycles. The van der Waals surface area contributed by atoms with Crippen LogP contribution in [0.3, 0.4) is 0 Å². The van der Waals surface area contributed by atoms with Gasteiger partial charge in [-0.3, -0.25) is 0 Å². The smallest absolute Gasteiger partial charge is 0.192 e. The quantitative estimate of drug-likeness (QED) is 0.531. The van der Waals surface area contributed by atoms with E-state index in [9.17, 15) is 0 Å². The van der Waals surface area contributed by atoms with Gasteiger partial charge < -0.3 is 13.9 Å². The van der Waals surface area contributed by atoms with Crippen molar-refractivity contribution in [3.63, 3.8) is 0 Å². The molecule has 0 bridgehead atoms. The van der Waals surface area contributed by atoms with E-state index in [0.717, 1.165) is 6.61 Å². The van der Waals surface area contributed by atoms with Crippen molar-refractivity contribution >= 4 is 8.32 Å². The van der Waals surface area contributed by atoms with Crippen LogP contribution >= 0.6 is 0 Å². The van der Waals surface area contributed by atoms with Crippen LogP contribution in [0.4, 0.5) is 0 Å². The van der Waals surface area contributed by atoms with Crippen molar-refractivity contribution < 1.29 is 13.9 Å². The Morgan fingerprint density at radius 3 is 2.26 bits per heavy atom. The molecule has 0 saturated carbocycles. The van der Waals surface area contributed by atoms with Gasteiger partial charge >= 0.3 is 0 Å². The second-order valence-electron chi connectivity index (χ2n) is 8.40. The zero-order valence-electron chi connectivity index (χ0n) is 15.7. The van der Waals surface area contributed by atoms with Crippen molar-refractivity contribution in [2.45, 2.75) is 77.2 Å². The Balaban J connectivity index is 2.04. The van der Waals surface area contributed by atoms with Gasteiger partial charge in [0.05, 0.1) is 19.3 Å². The Bertz CT molecular complexity index is 503. The lowest BCUT2D eigenvalue weighted by Crippen LogP contribution is -2.50. The summed E-state index contributed by atoms with van der Waals surface area (Å²) >= 11 is 0. The molecule has 0 amide bonds. The van der Waals surface area contributed by atoms with Gasteiger partial charge in [0.2, 0.25) is 0 Å². The lowest BCUT2D eigenvalue weighted by molar-refractivity contribution is -0.0703. The maximum Gasteiger partial charge on any atom is 0.192 e. The van der Waals surface area contributed by atoms with E-state index in [1.807, 2.05) is 18.2 Å². The van der Waals surface area contributed by atoms with E-state index in [1.54, 1.807) is 0 Å². The minimum Gasteiger partial charge on any atom is -0.411 e. The molecule has 0 unspecified atom stereocenters. The zero-order chi connectivity index (χ0) is 17.3. The summed E-state index contributed by atoms with van der Waals surface area (Å²) in [5, 5.41) is 0.191. The molecular weight excluding hydrogens is 304 g/mol. The average molecular weight is 337 g/mol. The van der Waals surface area contributed by atoms with E-state index in [-0.39, 0.29) is 22.8 Å². The Labute approximate surface area is 142 Å². The van der Waals surface area contributed by atoms with Gasteiger partial charge in [0, 0.05) is 0 Å². The molecule has 0 aromatic heterocycles. The molecule has 23 heavy (non-hydrogen) atoms. The summed E-state index contributed by atoms with van der Waals surface area (Å²) in [5.41, 5.74) is 0.970. The Morgan fingerprint density at radius 1 is 1.22 bits per heavy atom. The molecule has 2 rings (SSSR count). The highest BCUT2D eigenvalue weighted by Gasteiger charge is 2.52. The lowest BCUT2D eigenvalue weighted by Gasteiger charge is -2.41. The zero-order valence-corrected chi connectivity index (χ0v) is 16.7. The van der Waals surface area contributed by atoms with Crippen LogP contribution < -0.4 is 0 Å². The van der Waals surface area contributed by atoms with Gasteiger partial charge in [0.15, 0.2) is 8.32 Å². The maximum atomic E-state index is 6.55. The predicted octanol–water partition coefficient (Wildman–Crippen LogP) is 4.77. The normalized spacial score (nSPS) is 24.3. The van der Waals surface area contributed by atoms with Crippen LogP contribution in [0, 0.1) is 0 Å². The van der Waals surface area contributed by atoms with Crippen molar-refractivity contribution in [2.24, 2.45) is 0 Å². The van der Waals surface area contributed by atoms with Crippen LogP contribution in [-0.2, 0) is 20.5 Å². The van der Waals surface area contributed by atoms with Crippen LogP contribution in [0.15, 0.2) is 30.3 Å². The van der Waals surface area contributed by atoms with Crippen LogP contribution in [0.25, 0.3) is 0 Å². The van der Waals surface area contributed by atoms with Gasteiger partial charge in [-0.15, -0.1) is 0 Å². The first-order chi connectivity index (χ1) is 10.6. The summed E-state index contributed by atoms with van der Waals surface area (Å²) in [6, 6.07) is 10.3. The van der Waals surface area contributed by atoms with Crippen LogP contribution in [0.2, 0.25) is 18.1 Å². The van der Waals surface area contributed by atoms with Gasteiger partial charge in [-0.2, -0.15) is 0 Å². The van der Waals surface area contributed by atoms with Crippen molar-refractivity contribution in [3.8, 4) is 0 Å². The van der Waals surface area contributed by atoms with Crippen molar-refractivity contribution in [3.05, 3.63) is 35.9 Å². The number of hydrogen-bond acceptors (Lipinski definition) is 3. The molecule has 130 valence electrons. The fourth-order valence-electron chi connectivity index (χ4n) is 2.55. The van der Waals surface area contributed by atoms with E-state index in [1.165, 1.54) is 5.56 Å². The highest BCUT2D eigenvalue weighted by molar-refractivity contribution is 6.74. The molecule has 1 heterocycles. The summed E-state index contributed by atoms with van der Waals surface area (Å²) in [6.45, 7) is 17.0. The molecule has 3 nitrogen and oxygen atoms in total. The lowest BCUT2D eigenvalue weighted by atomic mass is 10.0. The first-order valence-corrected chi connectivity index (χ1v) is 11.4. The first kappa shape index (κ1) is 18.7. The standard InChI is InChI=1S/C19H32O3Si/c1-15(22-23(6,7)18(2,3)4)17(19(5)14-21-19)20-13-16-11-9-8-10-12-16/h8-12,15,17H,13-14H2,1-7H3/t15-,17-,19+/m0/s1. The highest BCUT2D eigenvalue weighted by atomic mass is 28.4. The van der Waals surface area contributed by atoms with E-state index < -0.39 is 8.32 Å². The third kappa shape index (κ3) is 4.66. The van der Waals surface area contributed by atoms with Gasteiger partial charge in [-0.1, -0.05) is 51.1 Å². The monoisotopic (exact) mass is 336 g/mol. The minimum absolute atomic E-state index is 0.0205. The van der Waals surface area contributed by atoms with Crippen LogP contribution in [0.1, 0.15) is 40.2 Å². The van der Waals surface area contributed by atoms with Gasteiger partial charge in [0.1, 0.15) is 11.7 Å². The minimum atomic E-state index is -1.83. The van der Waals surface area contributed by atoms with Crippen LogP contribution in [0.5, 0.6) is 0 Å². The van der Waals surface area contributed by atoms with Gasteiger partial charge in [-0.05, 0) is 37.5 Å². The van der Waals surface area contributed by atoms with Crippen molar-refractivity contribution in [1.29, 1.82) is 0 Å². The van der Waals surface area contributed by atoms with Crippen molar-refractivity contribution in [2.75, 3.05) is 6.61 Å². The molecule has 1 aliphatic rings. The van der Waals surface area contributed by atoms with Gasteiger partial charge in [0.25, 0.3) is 0 Å². The van der Waals surface area contributed by atoms with Gasteiger partial charge in [-0.25, -0.2) is 0 Å². The summed E-state index contributed by atoms with van der Waals surface area (Å²) in [6.07, 6.45) is -0.0241. The van der Waals surface area contributed by atoms with Crippen LogP contribution in [-0.4, -0.2) is 32.7 Å². The second kappa shape index (κ2) is 6.67. The number of benzene rings is 1. The second-order valence-corrected chi connectivity index (χ2v) is 13.2. The fourth-order valence-corrected chi connectivity index (χ4v) is 3.96. The molecule has 3 atom stereocenters. The molecule has 0 N–H and O–H groups in total. The Hall–Kier alpha value is -0.683. The van der Waals surface area contributed by atoms with E-state index in [4.69, 9.17) is 13.9 Å². The van der Waals surface area contributed by atoms with E-state index >= 15 is 0 Å². The van der Waals surface area contributed by atoms with E-state index in [2.05, 4.69) is 59.8 Å². The highest BCUT2D eigenvalue weighted by Crippen LogP contribution is 2.41. The molecule has 1 aromatic carbocycles. The Kier molecular flexibility index (Phi) is 5.41. The summed E-state index contributed by atoms with van der Waals surface area (Å²) in [7, 11) is -1.83. The van der Waals surface area contributed by atoms with E-state index in [0.29, 0.717) is 6.61 Å². The van der Waals surface area contributed by atoms with Crippen molar-refractivity contribution in [1.82, 2.24) is 0 Å². The number of epoxide rings is 1. The molecule has 0 radical (unpaired) electrons. The molecule has 1 fully saturated rings.